The summed E-state index contributed by atoms with van der Waals surface area (Å²) in [6.07, 6.45) is 3.77. The molecule has 2 aliphatic heterocycles. The summed E-state index contributed by atoms with van der Waals surface area (Å²) in [7, 11) is -1.96. The first kappa shape index (κ1) is 26.3. The first-order chi connectivity index (χ1) is 14.3. The Morgan fingerprint density at radius 3 is 2.26 bits per heavy atom. The van der Waals surface area contributed by atoms with E-state index < -0.39 is 20.0 Å². The SMILES string of the molecule is CC(=O)O[C@]1(C)C/C=C(\[C@H](C)CO[Si](C(C)C)(C(C)C)C(C)C)C[C@H]2O[C@@H]1CCC2=O. The second-order valence-corrected chi connectivity index (χ2v) is 16.2. The quantitative estimate of drug-likeness (QED) is 0.258. The molecule has 0 aliphatic carbocycles. The Morgan fingerprint density at radius 2 is 1.74 bits per heavy atom. The monoisotopic (exact) mass is 452 g/mol. The molecule has 0 unspecified atom stereocenters. The Balaban J connectivity index is 2.26. The number of Topliss-reactive ketones (excluding diaryl/α,β-unsaturated/α-hetero) is 1. The molecule has 2 heterocycles. The lowest BCUT2D eigenvalue weighted by molar-refractivity contribution is -0.189. The highest BCUT2D eigenvalue weighted by Crippen LogP contribution is 2.43. The third-order valence-corrected chi connectivity index (χ3v) is 13.6. The minimum absolute atomic E-state index is 0.151. The van der Waals surface area contributed by atoms with Crippen LogP contribution in [0.1, 0.15) is 88.0 Å². The van der Waals surface area contributed by atoms with E-state index in [0.29, 0.717) is 48.9 Å². The molecule has 6 heteroatoms. The minimum atomic E-state index is -1.96. The first-order valence-electron chi connectivity index (χ1n) is 12.0. The summed E-state index contributed by atoms with van der Waals surface area (Å²) in [6, 6.07) is 0. The molecule has 178 valence electrons. The number of carbonyl (C=O) groups is 2. The second-order valence-electron chi connectivity index (χ2n) is 10.7. The molecule has 31 heavy (non-hydrogen) atoms. The summed E-state index contributed by atoms with van der Waals surface area (Å²) in [4.78, 5) is 24.4. The van der Waals surface area contributed by atoms with Crippen LogP contribution in [-0.4, -0.2) is 44.5 Å². The van der Waals surface area contributed by atoms with Crippen LogP contribution in [0.15, 0.2) is 11.6 Å². The lowest BCUT2D eigenvalue weighted by atomic mass is 9.81. The highest BCUT2D eigenvalue weighted by Gasteiger charge is 2.47. The van der Waals surface area contributed by atoms with E-state index in [2.05, 4.69) is 54.5 Å². The highest BCUT2D eigenvalue weighted by atomic mass is 28.4. The molecule has 4 atom stereocenters. The largest absolute Gasteiger partial charge is 0.456 e. The van der Waals surface area contributed by atoms with Crippen LogP contribution in [0.2, 0.25) is 16.6 Å². The van der Waals surface area contributed by atoms with Gasteiger partial charge in [0, 0.05) is 32.8 Å². The standard InChI is InChI=1S/C25H44O5Si/c1-16(2)31(17(3)4,18(5)6)28-15-19(7)21-12-13-25(9,30-20(8)26)24-11-10-22(27)23(14-21)29-24/h12,16-19,23-24H,10-11,13-15H2,1-9H3/b21-12-/t19-,23-,24-,25-/m1/s1. The van der Waals surface area contributed by atoms with E-state index in [1.165, 1.54) is 12.5 Å². The number of ether oxygens (including phenoxy) is 2. The Bertz CT molecular complexity index is 662. The van der Waals surface area contributed by atoms with Gasteiger partial charge in [-0.25, -0.2) is 0 Å². The molecule has 2 bridgehead atoms. The third kappa shape index (κ3) is 5.69. The van der Waals surface area contributed by atoms with Gasteiger partial charge in [0.15, 0.2) is 14.1 Å². The molecule has 0 N–H and O–H groups in total. The average Bonchev–Trinajstić information content (AvgIpc) is 2.64. The minimum Gasteiger partial charge on any atom is -0.456 e. The molecular formula is C25H44O5Si. The Hall–Kier alpha value is -0.983. The van der Waals surface area contributed by atoms with Crippen LogP contribution >= 0.6 is 0 Å². The predicted octanol–water partition coefficient (Wildman–Crippen LogP) is 5.97. The van der Waals surface area contributed by atoms with Crippen molar-refractivity contribution in [1.82, 2.24) is 0 Å². The molecule has 0 radical (unpaired) electrons. The van der Waals surface area contributed by atoms with Gasteiger partial charge < -0.3 is 13.9 Å². The number of fused-ring (bicyclic) bond motifs is 2. The molecule has 1 fully saturated rings. The maximum atomic E-state index is 12.6. The highest BCUT2D eigenvalue weighted by molar-refractivity contribution is 6.77. The average molecular weight is 453 g/mol. The van der Waals surface area contributed by atoms with Gasteiger partial charge in [-0.2, -0.15) is 0 Å². The van der Waals surface area contributed by atoms with Crippen molar-refractivity contribution in [2.24, 2.45) is 5.92 Å². The molecule has 5 nitrogen and oxygen atoms in total. The fourth-order valence-corrected chi connectivity index (χ4v) is 11.4. The van der Waals surface area contributed by atoms with Crippen molar-refractivity contribution >= 4 is 20.1 Å². The molecule has 1 saturated heterocycles. The summed E-state index contributed by atoms with van der Waals surface area (Å²) in [6.45, 7) is 20.0. The Labute approximate surface area is 190 Å². The van der Waals surface area contributed by atoms with Gasteiger partial charge in [0.1, 0.15) is 11.7 Å². The Morgan fingerprint density at radius 1 is 1.16 bits per heavy atom. The molecule has 0 amide bonds. The lowest BCUT2D eigenvalue weighted by Crippen LogP contribution is -2.51. The molecule has 2 rings (SSSR count). The maximum Gasteiger partial charge on any atom is 0.303 e. The molecule has 0 aromatic rings. The molecular weight excluding hydrogens is 408 g/mol. The molecule has 0 spiro atoms. The van der Waals surface area contributed by atoms with Crippen molar-refractivity contribution in [3.8, 4) is 0 Å². The first-order valence-corrected chi connectivity index (χ1v) is 14.2. The number of rotatable bonds is 8. The molecule has 0 aromatic heterocycles. The van der Waals surface area contributed by atoms with Crippen LogP contribution in [0.3, 0.4) is 0 Å². The van der Waals surface area contributed by atoms with Crippen LogP contribution in [0, 0.1) is 5.92 Å². The summed E-state index contributed by atoms with van der Waals surface area (Å²) in [5.41, 5.74) is 2.02. The second kappa shape index (κ2) is 10.3. The zero-order chi connectivity index (χ0) is 23.6. The van der Waals surface area contributed by atoms with Crippen LogP contribution in [0.4, 0.5) is 0 Å². The Kier molecular flexibility index (Phi) is 8.73. The zero-order valence-corrected chi connectivity index (χ0v) is 22.1. The summed E-state index contributed by atoms with van der Waals surface area (Å²) in [5.74, 6) is 0.0187. The maximum absolute atomic E-state index is 12.6. The van der Waals surface area contributed by atoms with Crippen molar-refractivity contribution in [3.63, 3.8) is 0 Å². The van der Waals surface area contributed by atoms with Gasteiger partial charge in [0.05, 0.1) is 6.10 Å². The van der Waals surface area contributed by atoms with E-state index in [0.717, 1.165) is 0 Å². The van der Waals surface area contributed by atoms with E-state index in [-0.39, 0.29) is 23.8 Å². The fraction of sp³-hybridized carbons (Fsp3) is 0.840. The van der Waals surface area contributed by atoms with Crippen LogP contribution in [-0.2, 0) is 23.5 Å². The van der Waals surface area contributed by atoms with E-state index in [4.69, 9.17) is 13.9 Å². The van der Waals surface area contributed by atoms with Crippen molar-refractivity contribution in [2.45, 2.75) is 122 Å². The summed E-state index contributed by atoms with van der Waals surface area (Å²) in [5, 5.41) is 0. The van der Waals surface area contributed by atoms with Crippen molar-refractivity contribution in [3.05, 3.63) is 11.6 Å². The number of carbonyl (C=O) groups excluding carboxylic acids is 2. The van der Waals surface area contributed by atoms with Gasteiger partial charge >= 0.3 is 5.97 Å². The molecule has 0 saturated carbocycles. The third-order valence-electron chi connectivity index (χ3n) is 7.51. The van der Waals surface area contributed by atoms with Gasteiger partial charge in [-0.05, 0) is 35.9 Å². The van der Waals surface area contributed by atoms with Crippen molar-refractivity contribution in [2.75, 3.05) is 6.61 Å². The van der Waals surface area contributed by atoms with Gasteiger partial charge in [-0.15, -0.1) is 0 Å². The van der Waals surface area contributed by atoms with E-state index >= 15 is 0 Å². The van der Waals surface area contributed by atoms with E-state index in [9.17, 15) is 9.59 Å². The van der Waals surface area contributed by atoms with E-state index in [1.807, 2.05) is 6.92 Å². The van der Waals surface area contributed by atoms with Crippen LogP contribution in [0.25, 0.3) is 0 Å². The number of hydrogen-bond acceptors (Lipinski definition) is 5. The van der Waals surface area contributed by atoms with Crippen LogP contribution < -0.4 is 0 Å². The zero-order valence-electron chi connectivity index (χ0n) is 21.1. The van der Waals surface area contributed by atoms with Gasteiger partial charge in [-0.3, -0.25) is 9.59 Å². The normalized spacial score (nSPS) is 30.1. The number of hydrogen-bond donors (Lipinski definition) is 0. The van der Waals surface area contributed by atoms with E-state index in [1.54, 1.807) is 0 Å². The smallest absolute Gasteiger partial charge is 0.303 e. The summed E-state index contributed by atoms with van der Waals surface area (Å²) >= 11 is 0. The van der Waals surface area contributed by atoms with Gasteiger partial charge in [-0.1, -0.05) is 60.1 Å². The predicted molar refractivity (Wildman–Crippen MR) is 127 cm³/mol. The number of esters is 1. The fourth-order valence-electron chi connectivity index (χ4n) is 5.86. The van der Waals surface area contributed by atoms with Gasteiger partial charge in [0.2, 0.25) is 0 Å². The molecule has 0 aromatic carbocycles. The van der Waals surface area contributed by atoms with Crippen molar-refractivity contribution in [1.29, 1.82) is 0 Å². The van der Waals surface area contributed by atoms with Gasteiger partial charge in [0.25, 0.3) is 0 Å². The molecule has 2 aliphatic rings. The van der Waals surface area contributed by atoms with Crippen LogP contribution in [0.5, 0.6) is 0 Å². The lowest BCUT2D eigenvalue weighted by Gasteiger charge is -2.44. The summed E-state index contributed by atoms with van der Waals surface area (Å²) < 4.78 is 18.8. The van der Waals surface area contributed by atoms with Crippen molar-refractivity contribution < 1.29 is 23.5 Å². The topological polar surface area (TPSA) is 61.8 Å². The number of ketones is 1.